The normalized spacial score (nSPS) is 21.2. The summed E-state index contributed by atoms with van der Waals surface area (Å²) in [6.07, 6.45) is 7.14. The van der Waals surface area contributed by atoms with Crippen molar-refractivity contribution in [2.75, 3.05) is 13.7 Å². The maximum Gasteiger partial charge on any atom is 0.410 e. The van der Waals surface area contributed by atoms with Crippen molar-refractivity contribution in [3.8, 4) is 0 Å². The van der Waals surface area contributed by atoms with Gasteiger partial charge in [0, 0.05) is 12.5 Å². The minimum atomic E-state index is -0.791. The predicted molar refractivity (Wildman–Crippen MR) is 117 cm³/mol. The standard InChI is InChI=1S/C23H38N2O5/c1-9-12-13-18(11-3)25(16(4)21(27)29-8)20(26)19-17(10-2)14-15-24(19)22(28)30-23(5,6)7/h10,12-13,16-19H,2,9,11,14-15H2,1,3-8H3/t16-,17+,18?,19+/m0/s1. The minimum absolute atomic E-state index is 0.218. The Kier molecular flexibility index (Phi) is 9.59. The summed E-state index contributed by atoms with van der Waals surface area (Å²) in [6, 6.07) is -1.85. The van der Waals surface area contributed by atoms with E-state index in [4.69, 9.17) is 9.47 Å². The molecule has 4 atom stereocenters. The molecule has 0 aliphatic carbocycles. The summed E-state index contributed by atoms with van der Waals surface area (Å²) in [5, 5.41) is 0. The number of hydrogen-bond donors (Lipinski definition) is 0. The maximum atomic E-state index is 13.8. The molecule has 0 radical (unpaired) electrons. The molecule has 0 N–H and O–H groups in total. The summed E-state index contributed by atoms with van der Waals surface area (Å²) in [4.78, 5) is 42.0. The number of carbonyl (C=O) groups is 3. The summed E-state index contributed by atoms with van der Waals surface area (Å²) >= 11 is 0. The Labute approximate surface area is 181 Å². The van der Waals surface area contributed by atoms with E-state index >= 15 is 0 Å². The van der Waals surface area contributed by atoms with Crippen LogP contribution in [0.1, 0.15) is 60.8 Å². The second kappa shape index (κ2) is 11.2. The van der Waals surface area contributed by atoms with Crippen molar-refractivity contribution in [3.05, 3.63) is 24.8 Å². The molecule has 0 saturated carbocycles. The molecule has 7 nitrogen and oxygen atoms in total. The average Bonchev–Trinajstić information content (AvgIpc) is 3.12. The average molecular weight is 423 g/mol. The number of carbonyl (C=O) groups excluding carboxylic acids is 3. The highest BCUT2D eigenvalue weighted by Gasteiger charge is 2.46. The van der Waals surface area contributed by atoms with E-state index in [-0.39, 0.29) is 17.9 Å². The topological polar surface area (TPSA) is 76.2 Å². The van der Waals surface area contributed by atoms with Crippen LogP contribution in [0.15, 0.2) is 24.8 Å². The molecule has 1 saturated heterocycles. The van der Waals surface area contributed by atoms with E-state index < -0.39 is 29.7 Å². The van der Waals surface area contributed by atoms with Gasteiger partial charge in [0.05, 0.1) is 13.2 Å². The van der Waals surface area contributed by atoms with Crippen molar-refractivity contribution < 1.29 is 23.9 Å². The smallest absolute Gasteiger partial charge is 0.410 e. The first-order chi connectivity index (χ1) is 14.0. The van der Waals surface area contributed by atoms with E-state index in [2.05, 4.69) is 6.58 Å². The lowest BCUT2D eigenvalue weighted by molar-refractivity contribution is -0.155. The SMILES string of the molecule is C=C[C@@H]1CCN(C(=O)OC(C)(C)C)[C@H]1C(=O)N(C(C=CCC)CC)[C@@H](C)C(=O)OC. The van der Waals surface area contributed by atoms with Gasteiger partial charge >= 0.3 is 12.1 Å². The number of allylic oxidation sites excluding steroid dienone is 1. The lowest BCUT2D eigenvalue weighted by atomic mass is 9.97. The maximum absolute atomic E-state index is 13.8. The molecule has 1 unspecified atom stereocenters. The highest BCUT2D eigenvalue weighted by molar-refractivity contribution is 5.91. The second-order valence-corrected chi connectivity index (χ2v) is 8.56. The van der Waals surface area contributed by atoms with Gasteiger partial charge in [-0.15, -0.1) is 6.58 Å². The number of likely N-dealkylation sites (tertiary alicyclic amines) is 1. The van der Waals surface area contributed by atoms with E-state index in [9.17, 15) is 14.4 Å². The largest absolute Gasteiger partial charge is 0.467 e. The summed E-state index contributed by atoms with van der Waals surface area (Å²) in [5.74, 6) is -1.01. The van der Waals surface area contributed by atoms with Gasteiger partial charge in [0.2, 0.25) is 5.91 Å². The summed E-state index contributed by atoms with van der Waals surface area (Å²) in [6.45, 7) is 15.2. The summed E-state index contributed by atoms with van der Waals surface area (Å²) in [5.41, 5.74) is -0.675. The van der Waals surface area contributed by atoms with E-state index in [1.54, 1.807) is 38.7 Å². The van der Waals surface area contributed by atoms with Gasteiger partial charge in [-0.25, -0.2) is 9.59 Å². The first kappa shape index (κ1) is 25.7. The van der Waals surface area contributed by atoms with Crippen LogP contribution < -0.4 is 0 Å². The van der Waals surface area contributed by atoms with Gasteiger partial charge in [0.1, 0.15) is 17.7 Å². The van der Waals surface area contributed by atoms with Crippen molar-refractivity contribution >= 4 is 18.0 Å². The molecule has 0 aromatic heterocycles. The molecular formula is C23H38N2O5. The molecule has 170 valence electrons. The molecule has 7 heteroatoms. The van der Waals surface area contributed by atoms with Crippen molar-refractivity contribution in [1.82, 2.24) is 9.80 Å². The number of ether oxygens (including phenoxy) is 2. The van der Waals surface area contributed by atoms with Gasteiger partial charge in [0.25, 0.3) is 0 Å². The third-order valence-corrected chi connectivity index (χ3v) is 5.21. The van der Waals surface area contributed by atoms with Gasteiger partial charge in [0.15, 0.2) is 0 Å². The van der Waals surface area contributed by atoms with Crippen LogP contribution in [0.4, 0.5) is 4.79 Å². The van der Waals surface area contributed by atoms with Crippen molar-refractivity contribution in [3.63, 3.8) is 0 Å². The molecule has 30 heavy (non-hydrogen) atoms. The monoisotopic (exact) mass is 422 g/mol. The Bertz CT molecular complexity index is 652. The Morgan fingerprint density at radius 3 is 2.37 bits per heavy atom. The van der Waals surface area contributed by atoms with E-state index in [1.165, 1.54) is 12.0 Å². The van der Waals surface area contributed by atoms with Crippen molar-refractivity contribution in [2.45, 2.75) is 84.5 Å². The molecule has 1 aliphatic rings. The predicted octanol–water partition coefficient (Wildman–Crippen LogP) is 3.93. The molecular weight excluding hydrogens is 384 g/mol. The Hall–Kier alpha value is -2.31. The number of nitrogens with zero attached hydrogens (tertiary/aromatic N) is 2. The second-order valence-electron chi connectivity index (χ2n) is 8.56. The van der Waals surface area contributed by atoms with Gasteiger partial charge < -0.3 is 14.4 Å². The molecule has 1 heterocycles. The number of rotatable bonds is 8. The first-order valence-electron chi connectivity index (χ1n) is 10.7. The molecule has 0 spiro atoms. The molecule has 0 aromatic rings. The van der Waals surface area contributed by atoms with Gasteiger partial charge in [-0.2, -0.15) is 0 Å². The Balaban J connectivity index is 3.36. The lowest BCUT2D eigenvalue weighted by Gasteiger charge is -2.38. The minimum Gasteiger partial charge on any atom is -0.467 e. The number of amides is 2. The zero-order chi connectivity index (χ0) is 23.1. The zero-order valence-electron chi connectivity index (χ0n) is 19.5. The Morgan fingerprint density at radius 1 is 1.27 bits per heavy atom. The quantitative estimate of drug-likeness (QED) is 0.437. The Morgan fingerprint density at radius 2 is 1.90 bits per heavy atom. The van der Waals surface area contributed by atoms with Crippen LogP contribution in [-0.4, -0.2) is 65.2 Å². The molecule has 0 aromatic carbocycles. The fourth-order valence-electron chi connectivity index (χ4n) is 3.70. The molecule has 1 rings (SSSR count). The third kappa shape index (κ3) is 6.34. The zero-order valence-corrected chi connectivity index (χ0v) is 19.5. The van der Waals surface area contributed by atoms with Gasteiger partial charge in [-0.05, 0) is 47.0 Å². The van der Waals surface area contributed by atoms with Crippen LogP contribution in [0, 0.1) is 5.92 Å². The van der Waals surface area contributed by atoms with Crippen LogP contribution in [0.25, 0.3) is 0 Å². The highest BCUT2D eigenvalue weighted by Crippen LogP contribution is 2.30. The van der Waals surface area contributed by atoms with Gasteiger partial charge in [-0.3, -0.25) is 9.69 Å². The van der Waals surface area contributed by atoms with Crippen LogP contribution in [0.3, 0.4) is 0 Å². The van der Waals surface area contributed by atoms with Gasteiger partial charge in [-0.1, -0.05) is 32.1 Å². The molecule has 2 amide bonds. The fourth-order valence-corrected chi connectivity index (χ4v) is 3.70. The summed E-state index contributed by atoms with van der Waals surface area (Å²) in [7, 11) is 1.30. The van der Waals surface area contributed by atoms with E-state index in [0.717, 1.165) is 6.42 Å². The van der Waals surface area contributed by atoms with Crippen LogP contribution in [0.5, 0.6) is 0 Å². The third-order valence-electron chi connectivity index (χ3n) is 5.21. The summed E-state index contributed by atoms with van der Waals surface area (Å²) < 4.78 is 10.4. The van der Waals surface area contributed by atoms with E-state index in [1.807, 2.05) is 26.0 Å². The lowest BCUT2D eigenvalue weighted by Crippen LogP contribution is -2.57. The van der Waals surface area contributed by atoms with E-state index in [0.29, 0.717) is 19.4 Å². The number of hydrogen-bond acceptors (Lipinski definition) is 5. The number of esters is 1. The van der Waals surface area contributed by atoms with Crippen LogP contribution >= 0.6 is 0 Å². The van der Waals surface area contributed by atoms with Crippen molar-refractivity contribution in [2.24, 2.45) is 5.92 Å². The molecule has 1 fully saturated rings. The number of methoxy groups -OCH3 is 1. The molecule has 1 aliphatic heterocycles. The fraction of sp³-hybridized carbons (Fsp3) is 0.696. The van der Waals surface area contributed by atoms with Crippen molar-refractivity contribution in [1.29, 1.82) is 0 Å². The van der Waals surface area contributed by atoms with Crippen LogP contribution in [0.2, 0.25) is 0 Å². The highest BCUT2D eigenvalue weighted by atomic mass is 16.6. The first-order valence-corrected chi connectivity index (χ1v) is 10.7. The molecule has 0 bridgehead atoms. The van der Waals surface area contributed by atoms with Crippen LogP contribution in [-0.2, 0) is 19.1 Å².